The van der Waals surface area contributed by atoms with Crippen molar-refractivity contribution in [3.05, 3.63) is 0 Å². The van der Waals surface area contributed by atoms with E-state index >= 15 is 0 Å². The minimum atomic E-state index is 0.743. The molecule has 1 fully saturated rings. The third-order valence-electron chi connectivity index (χ3n) is 3.20. The van der Waals surface area contributed by atoms with Crippen molar-refractivity contribution in [2.45, 2.75) is 40.2 Å². The second kappa shape index (κ2) is 3.57. The summed E-state index contributed by atoms with van der Waals surface area (Å²) in [5.41, 5.74) is 0. The lowest BCUT2D eigenvalue weighted by Gasteiger charge is -2.22. The van der Waals surface area contributed by atoms with Crippen LogP contribution in [-0.4, -0.2) is 12.6 Å². The van der Waals surface area contributed by atoms with E-state index in [4.69, 9.17) is 0 Å². The zero-order valence-electron chi connectivity index (χ0n) is 8.22. The van der Waals surface area contributed by atoms with Crippen LogP contribution in [0.1, 0.15) is 34.1 Å². The van der Waals surface area contributed by atoms with E-state index < -0.39 is 0 Å². The first-order valence-corrected chi connectivity index (χ1v) is 4.90. The molecule has 1 rings (SSSR count). The van der Waals surface area contributed by atoms with Crippen LogP contribution >= 0.6 is 0 Å². The van der Waals surface area contributed by atoms with E-state index in [9.17, 15) is 0 Å². The molecule has 0 radical (unpaired) electrons. The standard InChI is InChI=1S/C10H21N/c1-5-9-8(4)11-6-10(9)7(2)3/h7-11H,5-6H2,1-4H3/t8-,9+,10-/m0/s1. The number of nitrogens with one attached hydrogen (secondary N) is 1. The molecule has 1 N–H and O–H groups in total. The summed E-state index contributed by atoms with van der Waals surface area (Å²) in [6.45, 7) is 10.5. The molecule has 1 saturated heterocycles. The summed E-state index contributed by atoms with van der Waals surface area (Å²) in [5, 5.41) is 3.55. The number of hydrogen-bond donors (Lipinski definition) is 1. The lowest BCUT2D eigenvalue weighted by Crippen LogP contribution is -2.23. The summed E-state index contributed by atoms with van der Waals surface area (Å²) in [6.07, 6.45) is 1.33. The van der Waals surface area contributed by atoms with Gasteiger partial charge in [0.1, 0.15) is 0 Å². The Hall–Kier alpha value is -0.0400. The van der Waals surface area contributed by atoms with E-state index in [0.29, 0.717) is 0 Å². The van der Waals surface area contributed by atoms with Gasteiger partial charge >= 0.3 is 0 Å². The Balaban J connectivity index is 2.54. The molecule has 11 heavy (non-hydrogen) atoms. The summed E-state index contributed by atoms with van der Waals surface area (Å²) in [5.74, 6) is 2.67. The van der Waals surface area contributed by atoms with Gasteiger partial charge < -0.3 is 5.32 Å². The zero-order chi connectivity index (χ0) is 8.43. The molecule has 0 aliphatic carbocycles. The fourth-order valence-electron chi connectivity index (χ4n) is 2.38. The van der Waals surface area contributed by atoms with Crippen LogP contribution in [0.25, 0.3) is 0 Å². The summed E-state index contributed by atoms with van der Waals surface area (Å²) >= 11 is 0. The van der Waals surface area contributed by atoms with Gasteiger partial charge in [0, 0.05) is 6.04 Å². The van der Waals surface area contributed by atoms with Gasteiger partial charge in [0.25, 0.3) is 0 Å². The summed E-state index contributed by atoms with van der Waals surface area (Å²) in [4.78, 5) is 0. The Morgan fingerprint density at radius 3 is 2.45 bits per heavy atom. The molecule has 0 aromatic heterocycles. The quantitative estimate of drug-likeness (QED) is 0.645. The lowest BCUT2D eigenvalue weighted by atomic mass is 9.82. The predicted octanol–water partition coefficient (Wildman–Crippen LogP) is 2.28. The molecule has 0 bridgehead atoms. The van der Waals surface area contributed by atoms with Gasteiger partial charge in [0.15, 0.2) is 0 Å². The Kier molecular flexibility index (Phi) is 2.94. The molecule has 0 spiro atoms. The highest BCUT2D eigenvalue weighted by Gasteiger charge is 2.32. The zero-order valence-corrected chi connectivity index (χ0v) is 8.22. The molecule has 0 aromatic carbocycles. The smallest absolute Gasteiger partial charge is 0.00702 e. The minimum Gasteiger partial charge on any atom is -0.314 e. The average Bonchev–Trinajstić information content (AvgIpc) is 2.30. The molecule has 1 heteroatoms. The number of hydrogen-bond acceptors (Lipinski definition) is 1. The van der Waals surface area contributed by atoms with Crippen molar-refractivity contribution in [1.29, 1.82) is 0 Å². The summed E-state index contributed by atoms with van der Waals surface area (Å²) < 4.78 is 0. The van der Waals surface area contributed by atoms with Crippen molar-refractivity contribution in [1.82, 2.24) is 5.32 Å². The van der Waals surface area contributed by atoms with Crippen molar-refractivity contribution in [3.63, 3.8) is 0 Å². The fraction of sp³-hybridized carbons (Fsp3) is 1.00. The van der Waals surface area contributed by atoms with Gasteiger partial charge in [-0.1, -0.05) is 27.2 Å². The maximum absolute atomic E-state index is 3.55. The van der Waals surface area contributed by atoms with Crippen LogP contribution in [-0.2, 0) is 0 Å². The van der Waals surface area contributed by atoms with Crippen LogP contribution in [0.15, 0.2) is 0 Å². The molecule has 3 atom stereocenters. The Morgan fingerprint density at radius 1 is 1.45 bits per heavy atom. The molecular weight excluding hydrogens is 134 g/mol. The highest BCUT2D eigenvalue weighted by molar-refractivity contribution is 4.88. The molecule has 0 aromatic rings. The highest BCUT2D eigenvalue weighted by Crippen LogP contribution is 2.30. The maximum atomic E-state index is 3.55. The summed E-state index contributed by atoms with van der Waals surface area (Å²) in [6, 6.07) is 0.743. The first-order chi connectivity index (χ1) is 5.16. The van der Waals surface area contributed by atoms with E-state index in [1.54, 1.807) is 0 Å². The van der Waals surface area contributed by atoms with Gasteiger partial charge in [-0.05, 0) is 31.2 Å². The van der Waals surface area contributed by atoms with E-state index in [0.717, 1.165) is 23.8 Å². The lowest BCUT2D eigenvalue weighted by molar-refractivity contribution is 0.289. The van der Waals surface area contributed by atoms with Crippen molar-refractivity contribution in [2.75, 3.05) is 6.54 Å². The van der Waals surface area contributed by atoms with Gasteiger partial charge in [-0.15, -0.1) is 0 Å². The Morgan fingerprint density at radius 2 is 2.09 bits per heavy atom. The first-order valence-electron chi connectivity index (χ1n) is 4.90. The average molecular weight is 155 g/mol. The fourth-order valence-corrected chi connectivity index (χ4v) is 2.38. The SMILES string of the molecule is CC[C@@H]1[C@H](C)NC[C@H]1C(C)C. The van der Waals surface area contributed by atoms with Crippen LogP contribution in [0.5, 0.6) is 0 Å². The first kappa shape index (κ1) is 9.05. The van der Waals surface area contributed by atoms with E-state index in [2.05, 4.69) is 33.0 Å². The molecule has 1 aliphatic heterocycles. The van der Waals surface area contributed by atoms with Gasteiger partial charge in [0.2, 0.25) is 0 Å². The monoisotopic (exact) mass is 155 g/mol. The van der Waals surface area contributed by atoms with E-state index in [1.807, 2.05) is 0 Å². The van der Waals surface area contributed by atoms with Gasteiger partial charge in [-0.25, -0.2) is 0 Å². The largest absolute Gasteiger partial charge is 0.314 e. The van der Waals surface area contributed by atoms with Gasteiger partial charge in [-0.2, -0.15) is 0 Å². The van der Waals surface area contributed by atoms with Crippen LogP contribution in [0.2, 0.25) is 0 Å². The summed E-state index contributed by atoms with van der Waals surface area (Å²) in [7, 11) is 0. The third-order valence-corrected chi connectivity index (χ3v) is 3.20. The van der Waals surface area contributed by atoms with E-state index in [-0.39, 0.29) is 0 Å². The van der Waals surface area contributed by atoms with Crippen LogP contribution in [0.3, 0.4) is 0 Å². The molecule has 1 heterocycles. The Bertz CT molecular complexity index is 120. The normalized spacial score (nSPS) is 38.5. The van der Waals surface area contributed by atoms with E-state index in [1.165, 1.54) is 13.0 Å². The van der Waals surface area contributed by atoms with Crippen molar-refractivity contribution < 1.29 is 0 Å². The molecule has 0 amide bonds. The topological polar surface area (TPSA) is 12.0 Å². The van der Waals surface area contributed by atoms with Gasteiger partial charge in [0.05, 0.1) is 0 Å². The Labute approximate surface area is 70.6 Å². The second-order valence-corrected chi connectivity index (χ2v) is 4.18. The van der Waals surface area contributed by atoms with Crippen LogP contribution < -0.4 is 5.32 Å². The minimum absolute atomic E-state index is 0.743. The molecule has 1 aliphatic rings. The van der Waals surface area contributed by atoms with Crippen LogP contribution in [0.4, 0.5) is 0 Å². The van der Waals surface area contributed by atoms with Crippen molar-refractivity contribution in [2.24, 2.45) is 17.8 Å². The number of rotatable bonds is 2. The van der Waals surface area contributed by atoms with Crippen molar-refractivity contribution >= 4 is 0 Å². The highest BCUT2D eigenvalue weighted by atomic mass is 15.0. The maximum Gasteiger partial charge on any atom is 0.00702 e. The molecular formula is C10H21N. The molecule has 0 unspecified atom stereocenters. The predicted molar refractivity (Wildman–Crippen MR) is 49.6 cm³/mol. The molecule has 0 saturated carbocycles. The molecule has 66 valence electrons. The second-order valence-electron chi connectivity index (χ2n) is 4.18. The van der Waals surface area contributed by atoms with Gasteiger partial charge in [-0.3, -0.25) is 0 Å². The van der Waals surface area contributed by atoms with Crippen molar-refractivity contribution in [3.8, 4) is 0 Å². The van der Waals surface area contributed by atoms with Crippen LogP contribution in [0, 0.1) is 17.8 Å². The third kappa shape index (κ3) is 1.76. The molecule has 1 nitrogen and oxygen atoms in total.